The summed E-state index contributed by atoms with van der Waals surface area (Å²) in [6.45, 7) is 2.13. The van der Waals surface area contributed by atoms with Crippen molar-refractivity contribution in [3.8, 4) is 5.75 Å². The molecule has 1 unspecified atom stereocenters. The van der Waals surface area contributed by atoms with Gasteiger partial charge in [0.2, 0.25) is 0 Å². The van der Waals surface area contributed by atoms with Gasteiger partial charge >= 0.3 is 5.97 Å². The molecule has 0 fully saturated rings. The van der Waals surface area contributed by atoms with Crippen molar-refractivity contribution in [2.24, 2.45) is 10.9 Å². The van der Waals surface area contributed by atoms with Crippen LogP contribution in [0, 0.1) is 11.7 Å². The Balaban J connectivity index is 1.61. The van der Waals surface area contributed by atoms with Crippen LogP contribution in [0.3, 0.4) is 0 Å². The Morgan fingerprint density at radius 2 is 1.81 bits per heavy atom. The van der Waals surface area contributed by atoms with Crippen molar-refractivity contribution in [2.75, 3.05) is 7.11 Å². The van der Waals surface area contributed by atoms with Crippen LogP contribution in [0.25, 0.3) is 0 Å². The number of esters is 1. The van der Waals surface area contributed by atoms with E-state index in [1.165, 1.54) is 19.2 Å². The molecule has 2 aromatic carbocycles. The fourth-order valence-electron chi connectivity index (χ4n) is 4.32. The van der Waals surface area contributed by atoms with Gasteiger partial charge in [-0.1, -0.05) is 24.3 Å². The first-order valence-electron chi connectivity index (χ1n) is 10.3. The molecule has 0 saturated heterocycles. The molecule has 4 rings (SSSR count). The number of nitrogens with zero attached hydrogens (tertiary/aromatic N) is 1. The average molecular weight is 421 g/mol. The van der Waals surface area contributed by atoms with Crippen LogP contribution in [0.15, 0.2) is 64.8 Å². The van der Waals surface area contributed by atoms with Gasteiger partial charge in [-0.05, 0) is 55.2 Å². The van der Waals surface area contributed by atoms with Crippen molar-refractivity contribution in [3.63, 3.8) is 0 Å². The molecule has 1 aliphatic heterocycles. The maximum Gasteiger partial charge on any atom is 0.315 e. The van der Waals surface area contributed by atoms with E-state index in [-0.39, 0.29) is 11.6 Å². The predicted octanol–water partition coefficient (Wildman–Crippen LogP) is 4.76. The van der Waals surface area contributed by atoms with Crippen molar-refractivity contribution in [2.45, 2.75) is 38.7 Å². The molecule has 5 nitrogen and oxygen atoms in total. The van der Waals surface area contributed by atoms with Gasteiger partial charge in [-0.2, -0.15) is 0 Å². The quantitative estimate of drug-likeness (QED) is 0.653. The molecule has 1 aliphatic carbocycles. The number of ketones is 1. The second kappa shape index (κ2) is 8.84. The topological polar surface area (TPSA) is 65.0 Å². The second-order valence-electron chi connectivity index (χ2n) is 7.85. The number of halogens is 1. The number of rotatable bonds is 5. The molecule has 0 amide bonds. The van der Waals surface area contributed by atoms with E-state index in [4.69, 9.17) is 9.47 Å². The minimum atomic E-state index is -0.628. The standard InChI is InChI=1S/C25H24FNO4/c1-15-22(25(29)30-2)23(24-20(27-15)4-3-5-21(24)28)17-8-12-19(13-9-17)31-14-16-6-10-18(26)11-7-16/h6-13,22-23H,3-5,14H2,1-2H3/t22?,23-/m0/s1. The van der Waals surface area contributed by atoms with E-state index in [0.29, 0.717) is 30.1 Å². The van der Waals surface area contributed by atoms with Gasteiger partial charge in [-0.25, -0.2) is 4.39 Å². The zero-order chi connectivity index (χ0) is 22.0. The molecule has 0 radical (unpaired) electrons. The van der Waals surface area contributed by atoms with Gasteiger partial charge in [0.15, 0.2) is 5.78 Å². The van der Waals surface area contributed by atoms with Gasteiger partial charge in [-0.15, -0.1) is 0 Å². The Kier molecular flexibility index (Phi) is 5.98. The molecule has 2 atom stereocenters. The molecule has 2 aromatic rings. The summed E-state index contributed by atoms with van der Waals surface area (Å²) in [5, 5.41) is 0. The summed E-state index contributed by atoms with van der Waals surface area (Å²) in [5.74, 6) is -1.03. The molecule has 160 valence electrons. The van der Waals surface area contributed by atoms with Crippen LogP contribution in [0.4, 0.5) is 4.39 Å². The molecule has 0 spiro atoms. The van der Waals surface area contributed by atoms with Crippen LogP contribution in [0.5, 0.6) is 5.75 Å². The molecule has 0 aromatic heterocycles. The summed E-state index contributed by atoms with van der Waals surface area (Å²) in [4.78, 5) is 30.0. The summed E-state index contributed by atoms with van der Waals surface area (Å²) in [5.41, 5.74) is 3.80. The number of hydrogen-bond acceptors (Lipinski definition) is 5. The number of benzene rings is 2. The van der Waals surface area contributed by atoms with Gasteiger partial charge in [0.05, 0.1) is 7.11 Å². The first-order valence-corrected chi connectivity index (χ1v) is 10.3. The molecule has 0 saturated carbocycles. The van der Waals surface area contributed by atoms with E-state index in [9.17, 15) is 14.0 Å². The number of ether oxygens (including phenoxy) is 2. The first kappa shape index (κ1) is 21.0. The molecule has 31 heavy (non-hydrogen) atoms. The van der Waals surface area contributed by atoms with E-state index in [2.05, 4.69) is 4.99 Å². The highest BCUT2D eigenvalue weighted by Gasteiger charge is 2.42. The number of carbonyl (C=O) groups excluding carboxylic acids is 2. The lowest BCUT2D eigenvalue weighted by atomic mass is 9.72. The van der Waals surface area contributed by atoms with E-state index < -0.39 is 17.8 Å². The van der Waals surface area contributed by atoms with Gasteiger partial charge in [0, 0.05) is 29.3 Å². The Labute approximate surface area is 180 Å². The monoisotopic (exact) mass is 421 g/mol. The van der Waals surface area contributed by atoms with Crippen LogP contribution in [-0.4, -0.2) is 24.6 Å². The summed E-state index contributed by atoms with van der Waals surface area (Å²) in [6.07, 6.45) is 1.98. The molecule has 2 aliphatic rings. The normalized spacial score (nSPS) is 20.7. The molecule has 0 N–H and O–H groups in total. The first-order chi connectivity index (χ1) is 15.0. The van der Waals surface area contributed by atoms with Crippen molar-refractivity contribution < 1.29 is 23.5 Å². The highest BCUT2D eigenvalue weighted by atomic mass is 19.1. The number of carbonyl (C=O) groups is 2. The van der Waals surface area contributed by atoms with Crippen molar-refractivity contribution in [1.82, 2.24) is 0 Å². The fourth-order valence-corrected chi connectivity index (χ4v) is 4.32. The number of aliphatic imine (C=N–C) groups is 1. The molecule has 6 heteroatoms. The van der Waals surface area contributed by atoms with Gasteiger partial charge < -0.3 is 9.47 Å². The Morgan fingerprint density at radius 3 is 2.48 bits per heavy atom. The van der Waals surface area contributed by atoms with Gasteiger partial charge in [-0.3, -0.25) is 14.6 Å². The zero-order valence-electron chi connectivity index (χ0n) is 17.6. The molecular formula is C25H24FNO4. The number of Topliss-reactive ketones (excluding diaryl/α,β-unsaturated/α-hetero) is 1. The largest absolute Gasteiger partial charge is 0.489 e. The summed E-state index contributed by atoms with van der Waals surface area (Å²) < 4.78 is 23.9. The number of hydrogen-bond donors (Lipinski definition) is 0. The zero-order valence-corrected chi connectivity index (χ0v) is 17.6. The van der Waals surface area contributed by atoms with Crippen molar-refractivity contribution in [3.05, 3.63) is 76.7 Å². The Hall–Kier alpha value is -3.28. The molecular weight excluding hydrogens is 397 g/mol. The summed E-state index contributed by atoms with van der Waals surface area (Å²) in [7, 11) is 1.35. The highest BCUT2D eigenvalue weighted by Crippen LogP contribution is 2.43. The lowest BCUT2D eigenvalue weighted by molar-refractivity contribution is -0.143. The van der Waals surface area contributed by atoms with E-state index in [1.807, 2.05) is 31.2 Å². The third-order valence-corrected chi connectivity index (χ3v) is 5.85. The fraction of sp³-hybridized carbons (Fsp3) is 0.320. The number of methoxy groups -OCH3 is 1. The van der Waals surface area contributed by atoms with Crippen molar-refractivity contribution in [1.29, 1.82) is 0 Å². The summed E-state index contributed by atoms with van der Waals surface area (Å²) in [6, 6.07) is 13.6. The SMILES string of the molecule is COC(=O)C1C(C)=NC2=C(C(=O)CCC2)[C@H]1c1ccc(OCc2ccc(F)cc2)cc1. The van der Waals surface area contributed by atoms with E-state index in [0.717, 1.165) is 29.7 Å². The molecule has 1 heterocycles. The Morgan fingerprint density at radius 1 is 1.10 bits per heavy atom. The van der Waals surface area contributed by atoms with Crippen molar-refractivity contribution >= 4 is 17.5 Å². The van der Waals surface area contributed by atoms with Crippen LogP contribution in [0.2, 0.25) is 0 Å². The third-order valence-electron chi connectivity index (χ3n) is 5.85. The maximum atomic E-state index is 13.0. The van der Waals surface area contributed by atoms with E-state index in [1.54, 1.807) is 12.1 Å². The third kappa shape index (κ3) is 4.29. The predicted molar refractivity (Wildman–Crippen MR) is 114 cm³/mol. The minimum absolute atomic E-state index is 0.0491. The molecule has 0 bridgehead atoms. The Bertz CT molecular complexity index is 1050. The highest BCUT2D eigenvalue weighted by molar-refractivity contribution is 6.08. The lowest BCUT2D eigenvalue weighted by Crippen LogP contribution is -2.36. The van der Waals surface area contributed by atoms with Crippen LogP contribution in [0.1, 0.15) is 43.2 Å². The smallest absolute Gasteiger partial charge is 0.315 e. The number of allylic oxidation sites excluding steroid dienone is 2. The lowest BCUT2D eigenvalue weighted by Gasteiger charge is -2.34. The van der Waals surface area contributed by atoms with Gasteiger partial charge in [0.1, 0.15) is 24.1 Å². The maximum absolute atomic E-state index is 13.0. The second-order valence-corrected chi connectivity index (χ2v) is 7.85. The summed E-state index contributed by atoms with van der Waals surface area (Å²) >= 11 is 0. The average Bonchev–Trinajstić information content (AvgIpc) is 2.78. The van der Waals surface area contributed by atoms with Gasteiger partial charge in [0.25, 0.3) is 0 Å². The van der Waals surface area contributed by atoms with Crippen LogP contribution >= 0.6 is 0 Å². The van der Waals surface area contributed by atoms with E-state index >= 15 is 0 Å². The minimum Gasteiger partial charge on any atom is -0.489 e. The van der Waals surface area contributed by atoms with Crippen LogP contribution < -0.4 is 4.74 Å². The van der Waals surface area contributed by atoms with Crippen LogP contribution in [-0.2, 0) is 20.9 Å².